The molecule has 5 rings (SSSR count). The molecular formula is C24H18Cl2Zr. The molecule has 0 N–H and O–H groups in total. The van der Waals surface area contributed by atoms with E-state index in [1.807, 2.05) is 0 Å². The predicted octanol–water partition coefficient (Wildman–Crippen LogP) is -0.655. The second-order valence-electron chi connectivity index (χ2n) is 6.69. The first-order valence-corrected chi connectivity index (χ1v) is 11.3. The van der Waals surface area contributed by atoms with Gasteiger partial charge in [-0.1, -0.05) is 0 Å². The number of fused-ring (bicyclic) bond motifs is 3. The third-order valence-electron chi connectivity index (χ3n) is 5.12. The number of rotatable bonds is 3. The van der Waals surface area contributed by atoms with Crippen LogP contribution < -0.4 is 28.1 Å². The van der Waals surface area contributed by atoms with Crippen molar-refractivity contribution in [3.05, 3.63) is 105 Å². The Morgan fingerprint density at radius 2 is 1.44 bits per heavy atom. The van der Waals surface area contributed by atoms with Crippen LogP contribution in [0.1, 0.15) is 23.1 Å². The molecule has 0 unspecified atom stereocenters. The summed E-state index contributed by atoms with van der Waals surface area (Å²) in [4.78, 5) is 0. The molecule has 3 aromatic carbocycles. The standard InChI is InChI=1S/C13H9.C11H9.2ClH.Zr/c1-3-7-12-10(5-1)9-11-6-2-4-8-13(11)12;1-2-6-10(7-3-1)11-8-4-5-9-11;;;/h1-5,7-8H,9H2;1-3,6-9H,4H2;2*1H;/q;;;;+2/p-2. The first kappa shape index (κ1) is 20.3. The third kappa shape index (κ3) is 3.92. The molecule has 3 heteroatoms. The Morgan fingerprint density at radius 3 is 2.30 bits per heavy atom. The van der Waals surface area contributed by atoms with Crippen LogP contribution in [-0.4, -0.2) is 0 Å². The first-order chi connectivity index (χ1) is 12.4. The summed E-state index contributed by atoms with van der Waals surface area (Å²) in [6, 6.07) is 26.6. The van der Waals surface area contributed by atoms with Gasteiger partial charge in [-0.25, -0.2) is 0 Å². The zero-order valence-electron chi connectivity index (χ0n) is 14.8. The molecule has 0 saturated heterocycles. The number of hydrogen-bond donors (Lipinski definition) is 0. The van der Waals surface area contributed by atoms with Crippen LogP contribution in [0.3, 0.4) is 0 Å². The van der Waals surface area contributed by atoms with E-state index in [1.165, 1.54) is 27.8 Å². The van der Waals surface area contributed by atoms with Gasteiger partial charge in [-0.05, 0) is 0 Å². The smallest absolute Gasteiger partial charge is 1.00 e. The molecule has 2 aliphatic rings. The molecule has 3 aromatic rings. The quantitative estimate of drug-likeness (QED) is 0.375. The van der Waals surface area contributed by atoms with Crippen LogP contribution in [0.4, 0.5) is 0 Å². The first-order valence-electron chi connectivity index (χ1n) is 8.82. The van der Waals surface area contributed by atoms with Gasteiger partial charge in [-0.2, -0.15) is 0 Å². The second-order valence-corrected chi connectivity index (χ2v) is 10.2. The van der Waals surface area contributed by atoms with Crippen LogP contribution in [0.25, 0.3) is 16.7 Å². The Hall–Kier alpha value is -1.40. The Labute approximate surface area is 184 Å². The zero-order chi connectivity index (χ0) is 16.6. The van der Waals surface area contributed by atoms with Crippen molar-refractivity contribution in [2.45, 2.75) is 12.8 Å². The van der Waals surface area contributed by atoms with Crippen LogP contribution in [0.5, 0.6) is 0 Å². The summed E-state index contributed by atoms with van der Waals surface area (Å²) >= 11 is -0.726. The minimum Gasteiger partial charge on any atom is -1.00 e. The molecular weight excluding hydrogens is 450 g/mol. The van der Waals surface area contributed by atoms with Crippen LogP contribution >= 0.6 is 0 Å². The van der Waals surface area contributed by atoms with Gasteiger partial charge in [0.05, 0.1) is 0 Å². The van der Waals surface area contributed by atoms with Gasteiger partial charge in [0.15, 0.2) is 0 Å². The van der Waals surface area contributed by atoms with Crippen molar-refractivity contribution in [3.63, 3.8) is 0 Å². The molecule has 0 spiro atoms. The minimum atomic E-state index is -0.726. The molecule has 0 atom stereocenters. The molecule has 0 aromatic heterocycles. The van der Waals surface area contributed by atoms with Crippen molar-refractivity contribution in [2.75, 3.05) is 0 Å². The summed E-state index contributed by atoms with van der Waals surface area (Å²) in [5, 5.41) is 0. The molecule has 0 heterocycles. The number of allylic oxidation sites excluding steroid dienone is 4. The predicted molar refractivity (Wildman–Crippen MR) is 101 cm³/mol. The topological polar surface area (TPSA) is 0 Å². The maximum Gasteiger partial charge on any atom is -1.00 e. The van der Waals surface area contributed by atoms with E-state index in [2.05, 4.69) is 84.9 Å². The summed E-state index contributed by atoms with van der Waals surface area (Å²) in [6.45, 7) is 0. The van der Waals surface area contributed by atoms with Crippen molar-refractivity contribution in [1.82, 2.24) is 0 Å². The van der Waals surface area contributed by atoms with E-state index in [0.717, 1.165) is 12.8 Å². The summed E-state index contributed by atoms with van der Waals surface area (Å²) in [5.74, 6) is 0. The van der Waals surface area contributed by atoms with E-state index in [9.17, 15) is 0 Å². The fourth-order valence-electron chi connectivity index (χ4n) is 3.89. The van der Waals surface area contributed by atoms with E-state index in [1.54, 1.807) is 12.1 Å². The molecule has 0 amide bonds. The Bertz CT molecular complexity index is 1020. The van der Waals surface area contributed by atoms with Crippen molar-refractivity contribution in [3.8, 4) is 11.1 Å². The minimum absolute atomic E-state index is 0. The van der Waals surface area contributed by atoms with Crippen LogP contribution in [0, 0.1) is 0 Å². The van der Waals surface area contributed by atoms with Crippen molar-refractivity contribution >= 4 is 8.84 Å². The summed E-state index contributed by atoms with van der Waals surface area (Å²) in [7, 11) is 0. The van der Waals surface area contributed by atoms with Gasteiger partial charge in [0, 0.05) is 0 Å². The molecule has 132 valence electrons. The second kappa shape index (κ2) is 8.74. The fraction of sp³-hybridized carbons (Fsp3) is 0.0833. The zero-order valence-corrected chi connectivity index (χ0v) is 18.7. The SMILES string of the molecule is C1=[C]([Zr+2][c]2cccc3c2Cc2ccccc2-3)CC=C1c1ccccc1.[Cl-].[Cl-]. The number of hydrogen-bond acceptors (Lipinski definition) is 0. The summed E-state index contributed by atoms with van der Waals surface area (Å²) in [6.07, 6.45) is 7.13. The molecule has 0 saturated carbocycles. The van der Waals surface area contributed by atoms with Gasteiger partial charge in [0.25, 0.3) is 0 Å². The van der Waals surface area contributed by atoms with Gasteiger partial charge >= 0.3 is 161 Å². The number of benzene rings is 3. The van der Waals surface area contributed by atoms with E-state index in [4.69, 9.17) is 0 Å². The normalized spacial score (nSPS) is 13.3. The number of halogens is 2. The Morgan fingerprint density at radius 1 is 0.704 bits per heavy atom. The van der Waals surface area contributed by atoms with Crippen LogP contribution in [0.15, 0.2) is 88.2 Å². The van der Waals surface area contributed by atoms with Gasteiger partial charge in [0.1, 0.15) is 0 Å². The molecule has 0 bridgehead atoms. The van der Waals surface area contributed by atoms with E-state index in [-0.39, 0.29) is 24.8 Å². The molecule has 0 fully saturated rings. The molecule has 0 radical (unpaired) electrons. The van der Waals surface area contributed by atoms with Crippen molar-refractivity contribution < 1.29 is 48.0 Å². The van der Waals surface area contributed by atoms with Gasteiger partial charge in [-0.3, -0.25) is 0 Å². The third-order valence-corrected chi connectivity index (χ3v) is 8.58. The average Bonchev–Trinajstić information content (AvgIpc) is 3.28. The molecule has 0 nitrogen and oxygen atoms in total. The maximum absolute atomic E-state index is 2.46. The van der Waals surface area contributed by atoms with Gasteiger partial charge in [-0.15, -0.1) is 0 Å². The summed E-state index contributed by atoms with van der Waals surface area (Å²) in [5.41, 5.74) is 8.78. The molecule has 2 aliphatic carbocycles. The Balaban J connectivity index is 0.00000105. The molecule has 27 heavy (non-hydrogen) atoms. The van der Waals surface area contributed by atoms with Gasteiger partial charge in [0.2, 0.25) is 0 Å². The van der Waals surface area contributed by atoms with Crippen LogP contribution in [0.2, 0.25) is 0 Å². The molecule has 0 aliphatic heterocycles. The average molecular weight is 469 g/mol. The summed E-state index contributed by atoms with van der Waals surface area (Å²) < 4.78 is 3.35. The van der Waals surface area contributed by atoms with E-state index in [0.29, 0.717) is 0 Å². The fourth-order valence-corrected chi connectivity index (χ4v) is 7.16. The maximum atomic E-state index is 2.46. The monoisotopic (exact) mass is 466 g/mol. The van der Waals surface area contributed by atoms with Crippen molar-refractivity contribution in [2.24, 2.45) is 0 Å². The van der Waals surface area contributed by atoms with Crippen molar-refractivity contribution in [1.29, 1.82) is 0 Å². The Kier molecular flexibility index (Phi) is 6.58. The van der Waals surface area contributed by atoms with Gasteiger partial charge < -0.3 is 24.8 Å². The largest absolute Gasteiger partial charge is 1.00 e. The van der Waals surface area contributed by atoms with E-state index >= 15 is 0 Å². The van der Waals surface area contributed by atoms with Crippen LogP contribution in [-0.2, 0) is 29.7 Å². The van der Waals surface area contributed by atoms with E-state index < -0.39 is 23.2 Å².